The van der Waals surface area contributed by atoms with Gasteiger partial charge in [0.2, 0.25) is 0 Å². The fraction of sp³-hybridized carbons (Fsp3) is 0.440. The van der Waals surface area contributed by atoms with Crippen molar-refractivity contribution in [2.75, 3.05) is 36.8 Å². The van der Waals surface area contributed by atoms with Gasteiger partial charge in [0, 0.05) is 43.1 Å². The monoisotopic (exact) mass is 499 g/mol. The Morgan fingerprint density at radius 2 is 1.78 bits per heavy atom. The van der Waals surface area contributed by atoms with E-state index in [2.05, 4.69) is 15.6 Å². The molecule has 2 aliphatic heterocycles. The fourth-order valence-corrected chi connectivity index (χ4v) is 4.46. The smallest absolute Gasteiger partial charge is 0.323 e. The van der Waals surface area contributed by atoms with Crippen LogP contribution in [0.15, 0.2) is 36.5 Å². The molecule has 2 aromatic rings. The number of carbonyl (C=O) groups excluding carboxylic acids is 2. The van der Waals surface area contributed by atoms with Gasteiger partial charge in [0.05, 0.1) is 24.3 Å². The van der Waals surface area contributed by atoms with Crippen LogP contribution in [-0.4, -0.2) is 70.2 Å². The highest BCUT2D eigenvalue weighted by Gasteiger charge is 2.32. The first kappa shape index (κ1) is 25.2. The lowest BCUT2D eigenvalue weighted by Gasteiger charge is -2.38. The van der Waals surface area contributed by atoms with Gasteiger partial charge < -0.3 is 30.3 Å². The van der Waals surface area contributed by atoms with E-state index in [4.69, 9.17) is 9.84 Å². The van der Waals surface area contributed by atoms with Crippen LogP contribution in [0.2, 0.25) is 0 Å². The zero-order valence-corrected chi connectivity index (χ0v) is 20.1. The minimum absolute atomic E-state index is 0.129. The van der Waals surface area contributed by atoms with E-state index in [-0.39, 0.29) is 23.6 Å². The predicted molar refractivity (Wildman–Crippen MR) is 131 cm³/mol. The van der Waals surface area contributed by atoms with Crippen molar-refractivity contribution in [3.63, 3.8) is 0 Å². The second kappa shape index (κ2) is 11.2. The Kier molecular flexibility index (Phi) is 7.87. The number of likely N-dealkylation sites (tertiary alicyclic amines) is 2. The molecule has 1 aromatic heterocycles. The number of hydrogen-bond donors (Lipinski definition) is 3. The number of nitrogens with one attached hydrogen (secondary N) is 2. The van der Waals surface area contributed by atoms with E-state index < -0.39 is 23.7 Å². The zero-order valence-electron chi connectivity index (χ0n) is 20.1. The summed E-state index contributed by atoms with van der Waals surface area (Å²) in [4.78, 5) is 43.9. The maximum absolute atomic E-state index is 14.3. The van der Waals surface area contributed by atoms with E-state index in [1.165, 1.54) is 24.4 Å². The Bertz CT molecular complexity index is 1100. The first-order valence-corrected chi connectivity index (χ1v) is 12.0. The SMILES string of the molecule is Cc1ccc(NC(=O)Nc2cc(F)cc(OC3CCCN(C(=O)N4CCC(C(=O)O)CC4)C3)c2)cn1. The van der Waals surface area contributed by atoms with Crippen LogP contribution in [0.5, 0.6) is 5.75 Å². The van der Waals surface area contributed by atoms with Crippen molar-refractivity contribution in [3.8, 4) is 5.75 Å². The first-order valence-electron chi connectivity index (χ1n) is 12.0. The molecule has 4 rings (SSSR count). The van der Waals surface area contributed by atoms with Crippen LogP contribution < -0.4 is 15.4 Å². The molecule has 1 aromatic carbocycles. The highest BCUT2D eigenvalue weighted by Crippen LogP contribution is 2.25. The van der Waals surface area contributed by atoms with Crippen LogP contribution in [0.25, 0.3) is 0 Å². The van der Waals surface area contributed by atoms with Crippen LogP contribution in [-0.2, 0) is 4.79 Å². The number of amides is 4. The molecule has 0 spiro atoms. The normalized spacial score (nSPS) is 18.4. The van der Waals surface area contributed by atoms with Crippen LogP contribution in [0, 0.1) is 18.7 Å². The number of hydrogen-bond acceptors (Lipinski definition) is 5. The summed E-state index contributed by atoms with van der Waals surface area (Å²) < 4.78 is 20.3. The van der Waals surface area contributed by atoms with Gasteiger partial charge >= 0.3 is 18.0 Å². The predicted octanol–water partition coefficient (Wildman–Crippen LogP) is 3.93. The number of pyridine rings is 1. The quantitative estimate of drug-likeness (QED) is 0.573. The highest BCUT2D eigenvalue weighted by atomic mass is 19.1. The molecular formula is C25H30FN5O5. The van der Waals surface area contributed by atoms with Gasteiger partial charge in [-0.1, -0.05) is 0 Å². The number of rotatable bonds is 5. The molecule has 0 aliphatic carbocycles. The van der Waals surface area contributed by atoms with Gasteiger partial charge in [-0.2, -0.15) is 0 Å². The molecule has 2 fully saturated rings. The number of aryl methyl sites for hydroxylation is 1. The number of urea groups is 2. The van der Waals surface area contributed by atoms with Gasteiger partial charge in [-0.15, -0.1) is 0 Å². The van der Waals surface area contributed by atoms with Gasteiger partial charge in [-0.3, -0.25) is 9.78 Å². The lowest BCUT2D eigenvalue weighted by atomic mass is 9.97. The van der Waals surface area contributed by atoms with Crippen molar-refractivity contribution in [2.24, 2.45) is 5.92 Å². The molecule has 0 radical (unpaired) electrons. The van der Waals surface area contributed by atoms with Crippen molar-refractivity contribution in [2.45, 2.75) is 38.7 Å². The van der Waals surface area contributed by atoms with Crippen LogP contribution >= 0.6 is 0 Å². The topological polar surface area (TPSA) is 124 Å². The molecule has 0 bridgehead atoms. The van der Waals surface area contributed by atoms with E-state index in [9.17, 15) is 18.8 Å². The molecule has 4 amide bonds. The summed E-state index contributed by atoms with van der Waals surface area (Å²) in [5.41, 5.74) is 1.55. The summed E-state index contributed by atoms with van der Waals surface area (Å²) >= 11 is 0. The average Bonchev–Trinajstić information content (AvgIpc) is 2.85. The molecule has 3 N–H and O–H groups in total. The third-order valence-corrected chi connectivity index (χ3v) is 6.36. The Hall–Kier alpha value is -3.89. The van der Waals surface area contributed by atoms with Crippen molar-refractivity contribution in [3.05, 3.63) is 48.0 Å². The minimum atomic E-state index is -0.817. The summed E-state index contributed by atoms with van der Waals surface area (Å²) in [6, 6.07) is 6.77. The average molecular weight is 500 g/mol. The number of ether oxygens (including phenoxy) is 1. The number of piperidine rings is 2. The molecular weight excluding hydrogens is 469 g/mol. The Morgan fingerprint density at radius 1 is 1.03 bits per heavy atom. The highest BCUT2D eigenvalue weighted by molar-refractivity contribution is 5.99. The van der Waals surface area contributed by atoms with Crippen molar-refractivity contribution in [1.29, 1.82) is 0 Å². The molecule has 3 heterocycles. The summed E-state index contributed by atoms with van der Waals surface area (Å²) in [5.74, 6) is -1.53. The molecule has 1 unspecified atom stereocenters. The number of nitrogens with zero attached hydrogens (tertiary/aromatic N) is 3. The second-order valence-electron chi connectivity index (χ2n) is 9.15. The van der Waals surface area contributed by atoms with Gasteiger partial charge in [-0.25, -0.2) is 14.0 Å². The van der Waals surface area contributed by atoms with Gasteiger partial charge in [0.25, 0.3) is 0 Å². The number of carboxylic acids is 1. The van der Waals surface area contributed by atoms with Crippen LogP contribution in [0.4, 0.5) is 25.4 Å². The summed E-state index contributed by atoms with van der Waals surface area (Å²) in [5, 5.41) is 14.4. The molecule has 10 nitrogen and oxygen atoms in total. The van der Waals surface area contributed by atoms with Crippen LogP contribution in [0.1, 0.15) is 31.4 Å². The number of aliphatic carboxylic acids is 1. The number of carbonyl (C=O) groups is 3. The van der Waals surface area contributed by atoms with Crippen molar-refractivity contribution in [1.82, 2.24) is 14.8 Å². The molecule has 36 heavy (non-hydrogen) atoms. The lowest BCUT2D eigenvalue weighted by molar-refractivity contribution is -0.143. The standard InChI is InChI=1S/C25H30FN5O5/c1-16-4-5-19(14-27-16)28-24(34)29-20-11-18(26)12-22(13-20)36-21-3-2-8-31(15-21)25(35)30-9-6-17(7-10-30)23(32)33/h4-5,11-14,17,21H,2-3,6-10,15H2,1H3,(H,32,33)(H2,28,29,34). The van der Waals surface area contributed by atoms with E-state index in [0.717, 1.165) is 12.1 Å². The number of halogens is 1. The maximum Gasteiger partial charge on any atom is 0.323 e. The third-order valence-electron chi connectivity index (χ3n) is 6.36. The molecule has 2 aliphatic rings. The fourth-order valence-electron chi connectivity index (χ4n) is 4.46. The van der Waals surface area contributed by atoms with Gasteiger partial charge in [0.15, 0.2) is 0 Å². The number of benzene rings is 1. The van der Waals surface area contributed by atoms with Gasteiger partial charge in [-0.05, 0) is 50.8 Å². The number of aromatic nitrogens is 1. The number of carboxylic acid groups (broad SMARTS) is 1. The Balaban J connectivity index is 1.33. The van der Waals surface area contributed by atoms with E-state index >= 15 is 0 Å². The van der Waals surface area contributed by atoms with E-state index in [1.807, 2.05) is 6.92 Å². The molecule has 11 heteroatoms. The summed E-state index contributed by atoms with van der Waals surface area (Å²) in [6.07, 6.45) is 3.52. The van der Waals surface area contributed by atoms with Crippen LogP contribution in [0.3, 0.4) is 0 Å². The van der Waals surface area contributed by atoms with E-state index in [1.54, 1.807) is 21.9 Å². The Morgan fingerprint density at radius 3 is 2.47 bits per heavy atom. The first-order chi connectivity index (χ1) is 17.3. The molecule has 0 saturated carbocycles. The molecule has 1 atom stereocenters. The van der Waals surface area contributed by atoms with Gasteiger partial charge in [0.1, 0.15) is 17.7 Å². The Labute approximate surface area is 208 Å². The summed E-state index contributed by atoms with van der Waals surface area (Å²) in [7, 11) is 0. The van der Waals surface area contributed by atoms with Crippen molar-refractivity contribution < 1.29 is 28.6 Å². The largest absolute Gasteiger partial charge is 0.488 e. The summed E-state index contributed by atoms with van der Waals surface area (Å²) in [6.45, 7) is 3.60. The van der Waals surface area contributed by atoms with Crippen molar-refractivity contribution >= 4 is 29.4 Å². The molecule has 2 saturated heterocycles. The zero-order chi connectivity index (χ0) is 25.7. The third kappa shape index (κ3) is 6.61. The van der Waals surface area contributed by atoms with E-state index in [0.29, 0.717) is 51.1 Å². The molecule has 192 valence electrons. The lowest BCUT2D eigenvalue weighted by Crippen LogP contribution is -2.52. The maximum atomic E-state index is 14.3. The second-order valence-corrected chi connectivity index (χ2v) is 9.15. The number of anilines is 2. The minimum Gasteiger partial charge on any atom is -0.488 e.